The van der Waals surface area contributed by atoms with Crippen LogP contribution in [0.1, 0.15) is 69.7 Å². The number of carboxylic acids is 1. The van der Waals surface area contributed by atoms with E-state index in [4.69, 9.17) is 9.84 Å². The average Bonchev–Trinajstić information content (AvgIpc) is 2.66. The molecule has 30 heavy (non-hydrogen) atoms. The van der Waals surface area contributed by atoms with E-state index in [9.17, 15) is 19.2 Å². The summed E-state index contributed by atoms with van der Waals surface area (Å²) in [4.78, 5) is 47.0. The molecule has 8 nitrogen and oxygen atoms in total. The second-order valence-corrected chi connectivity index (χ2v) is 8.05. The van der Waals surface area contributed by atoms with E-state index in [1.165, 1.54) is 0 Å². The molecule has 1 aromatic rings. The van der Waals surface area contributed by atoms with Crippen molar-refractivity contribution in [3.63, 3.8) is 0 Å². The van der Waals surface area contributed by atoms with Crippen molar-refractivity contribution >= 4 is 23.8 Å². The zero-order chi connectivity index (χ0) is 22.6. The summed E-state index contributed by atoms with van der Waals surface area (Å²) >= 11 is 0. The van der Waals surface area contributed by atoms with Crippen molar-refractivity contribution in [2.75, 3.05) is 6.54 Å². The number of carboxylic acid groups (broad SMARTS) is 1. The Bertz CT molecular complexity index is 712. The molecule has 0 aromatic heterocycles. The highest BCUT2D eigenvalue weighted by atomic mass is 16.6. The molecule has 3 N–H and O–H groups in total. The summed E-state index contributed by atoms with van der Waals surface area (Å²) < 4.78 is 5.17. The lowest BCUT2D eigenvalue weighted by molar-refractivity contribution is -0.138. The van der Waals surface area contributed by atoms with Gasteiger partial charge in [-0.2, -0.15) is 0 Å². The highest BCUT2D eigenvalue weighted by molar-refractivity contribution is 5.95. The van der Waals surface area contributed by atoms with Crippen molar-refractivity contribution in [2.45, 2.75) is 70.9 Å². The van der Waals surface area contributed by atoms with Gasteiger partial charge in [0.25, 0.3) is 0 Å². The molecule has 0 saturated heterocycles. The number of hydrogen-bond donors (Lipinski definition) is 3. The van der Waals surface area contributed by atoms with Crippen LogP contribution in [0.4, 0.5) is 4.79 Å². The third-order valence-corrected chi connectivity index (χ3v) is 4.16. The zero-order valence-electron chi connectivity index (χ0n) is 17.9. The molecule has 0 aliphatic carbocycles. The van der Waals surface area contributed by atoms with Crippen LogP contribution in [0.2, 0.25) is 0 Å². The number of hydrogen-bond acceptors (Lipinski definition) is 5. The lowest BCUT2D eigenvalue weighted by Gasteiger charge is -2.23. The topological polar surface area (TPSA) is 122 Å². The summed E-state index contributed by atoms with van der Waals surface area (Å²) in [5.74, 6) is -1.63. The van der Waals surface area contributed by atoms with Gasteiger partial charge in [0.15, 0.2) is 5.78 Å². The van der Waals surface area contributed by atoms with Crippen LogP contribution in [-0.2, 0) is 14.3 Å². The summed E-state index contributed by atoms with van der Waals surface area (Å²) in [7, 11) is 0. The first kappa shape index (κ1) is 25.1. The molecule has 0 fully saturated rings. The number of carbonyl (C=O) groups is 4. The number of ether oxygens (including phenoxy) is 1. The summed E-state index contributed by atoms with van der Waals surface area (Å²) in [6.07, 6.45) is 3.05. The number of ketones is 1. The van der Waals surface area contributed by atoms with E-state index in [-0.39, 0.29) is 5.78 Å². The van der Waals surface area contributed by atoms with Gasteiger partial charge in [0.1, 0.15) is 18.2 Å². The van der Waals surface area contributed by atoms with Crippen LogP contribution in [0.5, 0.6) is 0 Å². The Morgan fingerprint density at radius 3 is 2.23 bits per heavy atom. The molecule has 166 valence electrons. The first-order valence-corrected chi connectivity index (χ1v) is 10.2. The smallest absolute Gasteiger partial charge is 0.408 e. The quantitative estimate of drug-likeness (QED) is 0.352. The molecule has 0 spiro atoms. The molecule has 8 heteroatoms. The highest BCUT2D eigenvalue weighted by Gasteiger charge is 2.24. The summed E-state index contributed by atoms with van der Waals surface area (Å²) in [5, 5.41) is 13.5. The standard InChI is InChI=1S/C22H32N2O6/c1-22(2,3)30-21(29)24-17(20(28)23-15-19(26)27)13-9-4-5-10-14-18(25)16-11-7-6-8-12-16/h6-8,11-12,17H,4-5,9-10,13-15H2,1-3H3,(H,23,28)(H,24,29)(H,26,27). The minimum Gasteiger partial charge on any atom is -0.480 e. The Morgan fingerprint density at radius 1 is 1.00 bits per heavy atom. The molecule has 1 aromatic carbocycles. The molecule has 1 atom stereocenters. The molecule has 0 bridgehead atoms. The maximum Gasteiger partial charge on any atom is 0.408 e. The van der Waals surface area contributed by atoms with Crippen molar-refractivity contribution in [1.82, 2.24) is 10.6 Å². The Labute approximate surface area is 177 Å². The van der Waals surface area contributed by atoms with Crippen molar-refractivity contribution in [3.8, 4) is 0 Å². The number of amides is 2. The van der Waals surface area contributed by atoms with E-state index in [0.29, 0.717) is 24.8 Å². The van der Waals surface area contributed by atoms with Gasteiger partial charge in [0.2, 0.25) is 5.91 Å². The first-order chi connectivity index (χ1) is 14.1. The number of carbonyl (C=O) groups excluding carboxylic acids is 3. The largest absolute Gasteiger partial charge is 0.480 e. The molecule has 1 unspecified atom stereocenters. The van der Waals surface area contributed by atoms with Gasteiger partial charge in [-0.05, 0) is 33.6 Å². The van der Waals surface area contributed by atoms with Crippen molar-refractivity contribution in [3.05, 3.63) is 35.9 Å². The molecule has 1 rings (SSSR count). The number of rotatable bonds is 12. The summed E-state index contributed by atoms with van der Waals surface area (Å²) in [6, 6.07) is 8.24. The summed E-state index contributed by atoms with van der Waals surface area (Å²) in [6.45, 7) is 4.61. The second-order valence-electron chi connectivity index (χ2n) is 8.05. The van der Waals surface area contributed by atoms with Gasteiger partial charge < -0.3 is 20.5 Å². The number of aliphatic carboxylic acids is 1. The molecular formula is C22H32N2O6. The Hall–Kier alpha value is -2.90. The van der Waals surface area contributed by atoms with Gasteiger partial charge in [-0.1, -0.05) is 49.6 Å². The van der Waals surface area contributed by atoms with Gasteiger partial charge in [-0.3, -0.25) is 14.4 Å². The van der Waals surface area contributed by atoms with E-state index in [1.807, 2.05) is 18.2 Å². The first-order valence-electron chi connectivity index (χ1n) is 10.2. The van der Waals surface area contributed by atoms with Gasteiger partial charge >= 0.3 is 12.1 Å². The fraction of sp³-hybridized carbons (Fsp3) is 0.545. The van der Waals surface area contributed by atoms with Crippen molar-refractivity contribution < 1.29 is 29.0 Å². The van der Waals surface area contributed by atoms with Crippen LogP contribution in [-0.4, -0.2) is 47.0 Å². The molecule has 0 aliphatic heterocycles. The minimum atomic E-state index is -1.16. The Kier molecular flexibility index (Phi) is 10.6. The number of alkyl carbamates (subject to hydrolysis) is 1. The lowest BCUT2D eigenvalue weighted by Crippen LogP contribution is -2.49. The number of benzene rings is 1. The molecule has 0 radical (unpaired) electrons. The number of Topliss-reactive ketones (excluding diaryl/α,β-unsaturated/α-hetero) is 1. The molecule has 0 aliphatic rings. The molecular weight excluding hydrogens is 388 g/mol. The summed E-state index contributed by atoms with van der Waals surface area (Å²) in [5.41, 5.74) is -0.00786. The van der Waals surface area contributed by atoms with Gasteiger partial charge in [0.05, 0.1) is 0 Å². The maximum atomic E-state index is 12.2. The zero-order valence-corrected chi connectivity index (χ0v) is 17.9. The normalized spacial score (nSPS) is 12.0. The molecule has 2 amide bonds. The van der Waals surface area contributed by atoms with Crippen LogP contribution in [0, 0.1) is 0 Å². The number of nitrogens with one attached hydrogen (secondary N) is 2. The van der Waals surface area contributed by atoms with E-state index in [0.717, 1.165) is 19.3 Å². The minimum absolute atomic E-state index is 0.105. The van der Waals surface area contributed by atoms with Gasteiger partial charge in [-0.15, -0.1) is 0 Å². The van der Waals surface area contributed by atoms with Crippen LogP contribution in [0.25, 0.3) is 0 Å². The SMILES string of the molecule is CC(C)(C)OC(=O)NC(CCCCCCC(=O)c1ccccc1)C(=O)NCC(=O)O. The maximum absolute atomic E-state index is 12.2. The van der Waals surface area contributed by atoms with Crippen LogP contribution in [0.15, 0.2) is 30.3 Å². The Balaban J connectivity index is 2.42. The van der Waals surface area contributed by atoms with E-state index >= 15 is 0 Å². The van der Waals surface area contributed by atoms with E-state index in [1.54, 1.807) is 32.9 Å². The monoisotopic (exact) mass is 420 g/mol. The van der Waals surface area contributed by atoms with Gasteiger partial charge in [0, 0.05) is 12.0 Å². The molecule has 0 saturated carbocycles. The predicted molar refractivity (Wildman–Crippen MR) is 112 cm³/mol. The van der Waals surface area contributed by atoms with Crippen LogP contribution >= 0.6 is 0 Å². The number of unbranched alkanes of at least 4 members (excludes halogenated alkanes) is 3. The van der Waals surface area contributed by atoms with Crippen LogP contribution < -0.4 is 10.6 Å². The van der Waals surface area contributed by atoms with E-state index in [2.05, 4.69) is 10.6 Å². The van der Waals surface area contributed by atoms with Gasteiger partial charge in [-0.25, -0.2) is 4.79 Å². The third-order valence-electron chi connectivity index (χ3n) is 4.16. The second kappa shape index (κ2) is 12.6. The molecule has 0 heterocycles. The van der Waals surface area contributed by atoms with E-state index < -0.39 is 36.2 Å². The highest BCUT2D eigenvalue weighted by Crippen LogP contribution is 2.12. The fourth-order valence-electron chi connectivity index (χ4n) is 2.76. The average molecular weight is 421 g/mol. The van der Waals surface area contributed by atoms with Crippen molar-refractivity contribution in [2.24, 2.45) is 0 Å². The lowest BCUT2D eigenvalue weighted by atomic mass is 10.0. The fourth-order valence-corrected chi connectivity index (χ4v) is 2.76. The Morgan fingerprint density at radius 2 is 1.63 bits per heavy atom. The third kappa shape index (κ3) is 11.2. The van der Waals surface area contributed by atoms with Crippen molar-refractivity contribution in [1.29, 1.82) is 0 Å². The predicted octanol–water partition coefficient (Wildman–Crippen LogP) is 3.30. The van der Waals surface area contributed by atoms with Crippen LogP contribution in [0.3, 0.4) is 0 Å².